The second-order valence-electron chi connectivity index (χ2n) is 15.5. The number of aromatic nitrogens is 6. The number of likely N-dealkylation sites (tertiary alicyclic amines) is 1. The van der Waals surface area contributed by atoms with Crippen LogP contribution in [0.4, 0.5) is 32.1 Å². The van der Waals surface area contributed by atoms with Crippen molar-refractivity contribution in [3.63, 3.8) is 0 Å². The lowest BCUT2D eigenvalue weighted by Crippen LogP contribution is -2.54. The maximum atomic E-state index is 14.4. The summed E-state index contributed by atoms with van der Waals surface area (Å²) in [6, 6.07) is 9.74. The Labute approximate surface area is 331 Å². The van der Waals surface area contributed by atoms with Gasteiger partial charge in [-0.25, -0.2) is 13.5 Å². The number of aromatic amines is 1. The van der Waals surface area contributed by atoms with Crippen LogP contribution in [0.5, 0.6) is 0 Å². The van der Waals surface area contributed by atoms with Crippen molar-refractivity contribution < 1.29 is 28.0 Å². The first-order valence-corrected chi connectivity index (χ1v) is 19.6. The van der Waals surface area contributed by atoms with Crippen LogP contribution in [0.1, 0.15) is 76.5 Å². The molecule has 3 aromatic heterocycles. The van der Waals surface area contributed by atoms with Crippen molar-refractivity contribution in [2.45, 2.75) is 64.1 Å². The van der Waals surface area contributed by atoms with Crippen molar-refractivity contribution >= 4 is 57.9 Å². The average Bonchev–Trinajstić information content (AvgIpc) is 3.90. The number of fused-ring (bicyclic) bond motifs is 2. The molecule has 3 saturated heterocycles. The number of imide groups is 2. The second-order valence-corrected chi connectivity index (χ2v) is 15.5. The summed E-state index contributed by atoms with van der Waals surface area (Å²) in [5, 5.41) is 21.3. The smallest absolute Gasteiger partial charge is 0.262 e. The van der Waals surface area contributed by atoms with Crippen LogP contribution in [0.15, 0.2) is 48.7 Å². The first-order valence-electron chi connectivity index (χ1n) is 19.6. The summed E-state index contributed by atoms with van der Waals surface area (Å²) in [7, 11) is 0. The molecule has 4 aliphatic rings. The van der Waals surface area contributed by atoms with E-state index in [4.69, 9.17) is 10.1 Å². The number of rotatable bonds is 10. The Hall–Kier alpha value is -6.30. The summed E-state index contributed by atoms with van der Waals surface area (Å²) < 4.78 is 29.9. The highest BCUT2D eigenvalue weighted by Gasteiger charge is 2.45. The third kappa shape index (κ3) is 7.23. The number of piperidine rings is 3. The summed E-state index contributed by atoms with van der Waals surface area (Å²) in [5.41, 5.74) is 3.25. The second kappa shape index (κ2) is 15.2. The first kappa shape index (κ1) is 37.3. The monoisotopic (exact) mass is 792 g/mol. The predicted octanol–water partition coefficient (Wildman–Crippen LogP) is 4.45. The van der Waals surface area contributed by atoms with Crippen molar-refractivity contribution in [3.05, 3.63) is 82.7 Å². The van der Waals surface area contributed by atoms with Crippen LogP contribution in [0.2, 0.25) is 0 Å². The van der Waals surface area contributed by atoms with Crippen LogP contribution in [0.25, 0.3) is 11.0 Å². The zero-order valence-corrected chi connectivity index (χ0v) is 31.8. The molecule has 300 valence electrons. The Morgan fingerprint density at radius 2 is 1.67 bits per heavy atom. The zero-order valence-electron chi connectivity index (χ0n) is 31.8. The fraction of sp³-hybridized carbons (Fsp3) is 0.400. The molecule has 0 radical (unpaired) electrons. The molecule has 4 amide bonds. The molecule has 5 aromatic rings. The van der Waals surface area contributed by atoms with Crippen LogP contribution in [-0.4, -0.2) is 102 Å². The van der Waals surface area contributed by atoms with Crippen LogP contribution < -0.4 is 20.9 Å². The van der Waals surface area contributed by atoms with Crippen LogP contribution in [-0.2, 0) is 16.1 Å². The molecular weight excluding hydrogens is 751 g/mol. The molecule has 1 atom stereocenters. The van der Waals surface area contributed by atoms with Crippen molar-refractivity contribution in [3.8, 4) is 0 Å². The van der Waals surface area contributed by atoms with E-state index in [2.05, 4.69) is 40.9 Å². The lowest BCUT2D eigenvalue weighted by atomic mass is 9.94. The minimum atomic E-state index is -0.988. The lowest BCUT2D eigenvalue weighted by molar-refractivity contribution is -0.136. The normalized spacial score (nSPS) is 19.6. The molecule has 0 spiro atoms. The summed E-state index contributed by atoms with van der Waals surface area (Å²) >= 11 is 0. The Bertz CT molecular complexity index is 2440. The molecule has 1 unspecified atom stereocenters. The summed E-state index contributed by atoms with van der Waals surface area (Å²) in [5.74, 6) is -1.46. The number of carbonyl (C=O) groups is 4. The van der Waals surface area contributed by atoms with Gasteiger partial charge in [-0.1, -0.05) is 6.07 Å². The number of amides is 4. The number of halogens is 2. The molecule has 2 aromatic carbocycles. The van der Waals surface area contributed by atoms with E-state index in [1.807, 2.05) is 23.7 Å². The van der Waals surface area contributed by atoms with Crippen molar-refractivity contribution in [2.75, 3.05) is 48.3 Å². The number of hydrogen-bond acceptors (Lipinski definition) is 12. The topological polar surface area (TPSA) is 186 Å². The SMILES string of the molecule is Cc1cc(Nc2nc(NCc3ccc(F)cc3F)nc3c2cnn3C2CCN(CC3CCN(c4ccc5c(c4)C(=O)N(C4CCC(=O)NC4=O)C5=O)CC3)CC2)n[nH]1. The first-order chi connectivity index (χ1) is 28.1. The largest absolute Gasteiger partial charge is 0.371 e. The number of carbonyl (C=O) groups excluding carboxylic acids is 4. The number of nitrogens with zero attached hydrogens (tertiary/aromatic N) is 8. The van der Waals surface area contributed by atoms with Gasteiger partial charge in [-0.15, -0.1) is 0 Å². The van der Waals surface area contributed by atoms with Crippen LogP contribution in [0.3, 0.4) is 0 Å². The maximum Gasteiger partial charge on any atom is 0.262 e. The minimum Gasteiger partial charge on any atom is -0.371 e. The van der Waals surface area contributed by atoms with Gasteiger partial charge in [0.1, 0.15) is 23.5 Å². The molecule has 0 bridgehead atoms. The van der Waals surface area contributed by atoms with Gasteiger partial charge >= 0.3 is 0 Å². The van der Waals surface area contributed by atoms with Gasteiger partial charge in [-0.3, -0.25) is 34.5 Å². The summed E-state index contributed by atoms with van der Waals surface area (Å²) in [6.07, 6.45) is 5.68. The highest BCUT2D eigenvalue weighted by atomic mass is 19.1. The molecular formula is C40H42F2N12O4. The maximum absolute atomic E-state index is 14.4. The van der Waals surface area contributed by atoms with Gasteiger partial charge in [0.25, 0.3) is 11.8 Å². The lowest BCUT2D eigenvalue weighted by Gasteiger charge is -2.38. The third-order valence-electron chi connectivity index (χ3n) is 11.7. The molecule has 0 aliphatic carbocycles. The predicted molar refractivity (Wildman–Crippen MR) is 208 cm³/mol. The van der Waals surface area contributed by atoms with E-state index in [1.54, 1.807) is 18.3 Å². The van der Waals surface area contributed by atoms with Gasteiger partial charge < -0.3 is 20.4 Å². The Morgan fingerprint density at radius 3 is 2.41 bits per heavy atom. The van der Waals surface area contributed by atoms with E-state index < -0.39 is 41.3 Å². The highest BCUT2D eigenvalue weighted by molar-refractivity contribution is 6.23. The van der Waals surface area contributed by atoms with E-state index in [1.165, 1.54) is 12.1 Å². The molecule has 18 heteroatoms. The van der Waals surface area contributed by atoms with E-state index in [-0.39, 0.29) is 42.5 Å². The van der Waals surface area contributed by atoms with E-state index in [0.29, 0.717) is 28.8 Å². The van der Waals surface area contributed by atoms with Gasteiger partial charge in [0, 0.05) is 74.8 Å². The zero-order chi connectivity index (χ0) is 40.1. The Balaban J connectivity index is 0.822. The third-order valence-corrected chi connectivity index (χ3v) is 11.7. The Morgan fingerprint density at radius 1 is 0.879 bits per heavy atom. The molecule has 4 N–H and O–H groups in total. The molecule has 16 nitrogen and oxygen atoms in total. The van der Waals surface area contributed by atoms with Crippen molar-refractivity contribution in [2.24, 2.45) is 5.92 Å². The summed E-state index contributed by atoms with van der Waals surface area (Å²) in [4.78, 5) is 65.9. The number of aryl methyl sites for hydroxylation is 1. The fourth-order valence-corrected chi connectivity index (χ4v) is 8.55. The molecule has 4 aliphatic heterocycles. The minimum absolute atomic E-state index is 0.0588. The van der Waals surface area contributed by atoms with Crippen molar-refractivity contribution in [1.82, 2.24) is 45.1 Å². The Kier molecular flexibility index (Phi) is 9.79. The number of H-pyrrole nitrogens is 1. The molecule has 7 heterocycles. The molecule has 0 saturated carbocycles. The number of hydrogen-bond donors (Lipinski definition) is 4. The van der Waals surface area contributed by atoms with Crippen LogP contribution >= 0.6 is 0 Å². The summed E-state index contributed by atoms with van der Waals surface area (Å²) in [6.45, 7) is 6.36. The standard InChI is InChI=1S/C40H42F2N12O4/c1-22-16-33(50-49-22)45-35-30-20-44-54(36(30)48-40(47-35)43-19-24-2-3-25(41)17-31(24)42)26-10-12-51(13-11-26)21-23-8-14-52(15-9-23)27-4-5-28-29(18-27)39(58)53(38(28)57)32-6-7-34(55)46-37(32)56/h2-5,16-18,20,23,26,32H,6-15,19,21H2,1H3,(H,46,55,56)(H3,43,45,47,48,49,50). The average molecular weight is 793 g/mol. The quantitative estimate of drug-likeness (QED) is 0.146. The van der Waals surface area contributed by atoms with Gasteiger partial charge in [-0.2, -0.15) is 20.2 Å². The molecule has 58 heavy (non-hydrogen) atoms. The number of nitrogens with one attached hydrogen (secondary N) is 4. The van der Waals surface area contributed by atoms with Crippen LogP contribution in [0, 0.1) is 24.5 Å². The van der Waals surface area contributed by atoms with Gasteiger partial charge in [-0.05, 0) is 69.2 Å². The van der Waals surface area contributed by atoms with Gasteiger partial charge in [0.05, 0.1) is 28.8 Å². The van der Waals surface area contributed by atoms with E-state index in [0.717, 1.165) is 86.1 Å². The fourth-order valence-electron chi connectivity index (χ4n) is 8.55. The number of anilines is 4. The van der Waals surface area contributed by atoms with Crippen molar-refractivity contribution in [1.29, 1.82) is 0 Å². The number of benzene rings is 2. The van der Waals surface area contributed by atoms with E-state index in [9.17, 15) is 28.0 Å². The van der Waals surface area contributed by atoms with Gasteiger partial charge in [0.15, 0.2) is 11.5 Å². The highest BCUT2D eigenvalue weighted by Crippen LogP contribution is 2.34. The molecule has 3 fully saturated rings. The molecule has 9 rings (SSSR count). The van der Waals surface area contributed by atoms with E-state index >= 15 is 0 Å². The van der Waals surface area contributed by atoms with Gasteiger partial charge in [0.2, 0.25) is 17.8 Å².